The third-order valence-corrected chi connectivity index (χ3v) is 11.3. The van der Waals surface area contributed by atoms with Crippen LogP contribution in [-0.2, 0) is 5.41 Å². The van der Waals surface area contributed by atoms with E-state index in [0.717, 1.165) is 56.0 Å². The van der Waals surface area contributed by atoms with Crippen LogP contribution >= 0.6 is 0 Å². The number of benzene rings is 6. The molecule has 10 rings (SSSR count). The molecule has 2 aliphatic carbocycles. The van der Waals surface area contributed by atoms with Gasteiger partial charge in [-0.1, -0.05) is 124 Å². The van der Waals surface area contributed by atoms with Crippen molar-refractivity contribution in [3.63, 3.8) is 0 Å². The largest absolute Gasteiger partial charge is 0.456 e. The topological polar surface area (TPSA) is 29.3 Å². The van der Waals surface area contributed by atoms with Crippen molar-refractivity contribution >= 4 is 45.0 Å². The fraction of sp³-hybridized carbons (Fsp3) is 0.0816. The molecule has 0 fully saturated rings. The SMILES string of the molecule is C=C/C=C\c1oc2c(-c3ccc(N(c4ccc5c(c4)C(C)(C)c4ccccc4-5)c4ccc5c6c(ccnc46)-c4ccccc4-5)cc3)cccc2c1C. The highest BCUT2D eigenvalue weighted by Crippen LogP contribution is 2.53. The maximum Gasteiger partial charge on any atom is 0.142 e. The second-order valence-corrected chi connectivity index (χ2v) is 14.4. The Labute approximate surface area is 303 Å². The zero-order chi connectivity index (χ0) is 35.1. The van der Waals surface area contributed by atoms with Crippen LogP contribution in [0.4, 0.5) is 17.1 Å². The lowest BCUT2D eigenvalue weighted by molar-refractivity contribution is 0.602. The van der Waals surface area contributed by atoms with Gasteiger partial charge < -0.3 is 9.32 Å². The number of fused-ring (bicyclic) bond motifs is 7. The zero-order valence-corrected chi connectivity index (χ0v) is 29.4. The van der Waals surface area contributed by atoms with Gasteiger partial charge in [0.25, 0.3) is 0 Å². The molecule has 0 spiro atoms. The molecule has 0 radical (unpaired) electrons. The lowest BCUT2D eigenvalue weighted by atomic mass is 9.82. The molecule has 2 aromatic heterocycles. The van der Waals surface area contributed by atoms with Crippen molar-refractivity contribution in [2.45, 2.75) is 26.2 Å². The summed E-state index contributed by atoms with van der Waals surface area (Å²) < 4.78 is 6.44. The number of allylic oxidation sites excluding steroid dienone is 2. The molecule has 0 aliphatic heterocycles. The second kappa shape index (κ2) is 11.3. The molecule has 2 aliphatic rings. The molecular formula is C49H36N2O. The average molecular weight is 669 g/mol. The summed E-state index contributed by atoms with van der Waals surface area (Å²) in [6, 6.07) is 46.5. The predicted octanol–water partition coefficient (Wildman–Crippen LogP) is 13.6. The quantitative estimate of drug-likeness (QED) is 0.165. The Balaban J connectivity index is 1.16. The van der Waals surface area contributed by atoms with Crippen LogP contribution in [-0.4, -0.2) is 4.98 Å². The van der Waals surface area contributed by atoms with Gasteiger partial charge in [-0.3, -0.25) is 4.98 Å². The summed E-state index contributed by atoms with van der Waals surface area (Å²) in [6.45, 7) is 10.6. The van der Waals surface area contributed by atoms with Gasteiger partial charge in [0.05, 0.1) is 11.2 Å². The number of rotatable bonds is 6. The first kappa shape index (κ1) is 30.4. The summed E-state index contributed by atoms with van der Waals surface area (Å²) in [7, 11) is 0. The fourth-order valence-electron chi connectivity index (χ4n) is 8.69. The molecule has 3 heteroatoms. The molecule has 0 bridgehead atoms. The minimum Gasteiger partial charge on any atom is -0.456 e. The lowest BCUT2D eigenvalue weighted by Gasteiger charge is -2.29. The van der Waals surface area contributed by atoms with Gasteiger partial charge in [-0.05, 0) is 99.5 Å². The first-order valence-electron chi connectivity index (χ1n) is 17.9. The maximum atomic E-state index is 6.44. The molecule has 52 heavy (non-hydrogen) atoms. The number of hydrogen-bond donors (Lipinski definition) is 0. The molecule has 0 unspecified atom stereocenters. The van der Waals surface area contributed by atoms with Crippen LogP contribution in [0.5, 0.6) is 0 Å². The van der Waals surface area contributed by atoms with Gasteiger partial charge in [0.1, 0.15) is 11.3 Å². The molecule has 0 saturated carbocycles. The van der Waals surface area contributed by atoms with Gasteiger partial charge in [-0.25, -0.2) is 0 Å². The van der Waals surface area contributed by atoms with Crippen molar-refractivity contribution in [1.82, 2.24) is 4.98 Å². The monoisotopic (exact) mass is 668 g/mol. The van der Waals surface area contributed by atoms with Crippen molar-refractivity contribution in [2.75, 3.05) is 4.90 Å². The van der Waals surface area contributed by atoms with Gasteiger partial charge in [-0.15, -0.1) is 0 Å². The molecule has 0 atom stereocenters. The van der Waals surface area contributed by atoms with Crippen molar-refractivity contribution in [3.8, 4) is 44.5 Å². The van der Waals surface area contributed by atoms with Crippen LogP contribution in [0.2, 0.25) is 0 Å². The smallest absolute Gasteiger partial charge is 0.142 e. The summed E-state index contributed by atoms with van der Waals surface area (Å²) in [5.41, 5.74) is 18.6. The predicted molar refractivity (Wildman–Crippen MR) is 218 cm³/mol. The summed E-state index contributed by atoms with van der Waals surface area (Å²) >= 11 is 0. The summed E-state index contributed by atoms with van der Waals surface area (Å²) in [5.74, 6) is 0.855. The minimum atomic E-state index is -0.126. The first-order valence-corrected chi connectivity index (χ1v) is 17.9. The number of hydrogen-bond acceptors (Lipinski definition) is 3. The van der Waals surface area contributed by atoms with Crippen LogP contribution < -0.4 is 4.90 Å². The van der Waals surface area contributed by atoms with E-state index in [1.165, 1.54) is 49.9 Å². The van der Waals surface area contributed by atoms with Gasteiger partial charge in [0, 0.05) is 44.9 Å². The summed E-state index contributed by atoms with van der Waals surface area (Å²) in [5, 5.41) is 2.33. The minimum absolute atomic E-state index is 0.126. The molecule has 248 valence electrons. The highest BCUT2D eigenvalue weighted by Gasteiger charge is 2.36. The molecule has 0 N–H and O–H groups in total. The Morgan fingerprint density at radius 2 is 1.33 bits per heavy atom. The van der Waals surface area contributed by atoms with Gasteiger partial charge >= 0.3 is 0 Å². The van der Waals surface area contributed by atoms with E-state index >= 15 is 0 Å². The van der Waals surface area contributed by atoms with E-state index in [1.54, 1.807) is 6.08 Å². The van der Waals surface area contributed by atoms with E-state index < -0.39 is 0 Å². The Morgan fingerprint density at radius 3 is 2.12 bits per heavy atom. The van der Waals surface area contributed by atoms with Crippen LogP contribution in [0, 0.1) is 6.92 Å². The fourth-order valence-corrected chi connectivity index (χ4v) is 8.69. The van der Waals surface area contributed by atoms with Crippen molar-refractivity contribution in [2.24, 2.45) is 0 Å². The number of aromatic nitrogens is 1. The molecule has 3 nitrogen and oxygen atoms in total. The van der Waals surface area contributed by atoms with E-state index in [2.05, 4.69) is 160 Å². The van der Waals surface area contributed by atoms with E-state index in [4.69, 9.17) is 9.40 Å². The number of anilines is 3. The highest BCUT2D eigenvalue weighted by molar-refractivity contribution is 6.17. The normalized spacial score (nSPS) is 13.4. The van der Waals surface area contributed by atoms with E-state index in [-0.39, 0.29) is 5.41 Å². The Morgan fingerprint density at radius 1 is 0.654 bits per heavy atom. The van der Waals surface area contributed by atoms with E-state index in [9.17, 15) is 0 Å². The number of nitrogens with zero attached hydrogens (tertiary/aromatic N) is 2. The number of para-hydroxylation sites is 1. The van der Waals surface area contributed by atoms with Gasteiger partial charge in [0.15, 0.2) is 0 Å². The maximum absolute atomic E-state index is 6.44. The molecule has 8 aromatic rings. The number of pyridine rings is 1. The number of aryl methyl sites for hydroxylation is 1. The Hall–Kier alpha value is -6.45. The van der Waals surface area contributed by atoms with Crippen LogP contribution in [0.3, 0.4) is 0 Å². The molecule has 0 amide bonds. The summed E-state index contributed by atoms with van der Waals surface area (Å²) in [4.78, 5) is 7.48. The van der Waals surface area contributed by atoms with E-state index in [1.807, 2.05) is 18.3 Å². The third-order valence-electron chi connectivity index (χ3n) is 11.3. The third kappa shape index (κ3) is 4.29. The Bertz CT molecular complexity index is 2770. The standard InChI is InChI=1S/C49H36N2O/c1-5-6-18-45-30(2)34-15-11-16-35(48(34)52-45)31-19-21-32(22-20-31)51(33-23-24-39-38-14-9-10-17-42(38)49(3,4)43(39)29-33)44-26-25-40-36-12-7-8-13-37(36)41-27-28-50-47(44)46(40)41/h5-29H,1H2,2-4H3/b18-6-. The van der Waals surface area contributed by atoms with E-state index in [0.29, 0.717) is 0 Å². The summed E-state index contributed by atoms with van der Waals surface area (Å²) in [6.07, 6.45) is 7.63. The van der Waals surface area contributed by atoms with Gasteiger partial charge in [-0.2, -0.15) is 0 Å². The van der Waals surface area contributed by atoms with Gasteiger partial charge in [0.2, 0.25) is 0 Å². The molecular weight excluding hydrogens is 633 g/mol. The second-order valence-electron chi connectivity index (χ2n) is 14.4. The number of furan rings is 1. The molecule has 2 heterocycles. The molecule has 0 saturated heterocycles. The van der Waals surface area contributed by atoms with Crippen molar-refractivity contribution in [3.05, 3.63) is 175 Å². The Kier molecular flexibility index (Phi) is 6.59. The van der Waals surface area contributed by atoms with Crippen LogP contribution in [0.25, 0.3) is 72.5 Å². The van der Waals surface area contributed by atoms with Crippen LogP contribution in [0.15, 0.2) is 157 Å². The highest BCUT2D eigenvalue weighted by atomic mass is 16.3. The van der Waals surface area contributed by atoms with Crippen molar-refractivity contribution < 1.29 is 4.42 Å². The lowest BCUT2D eigenvalue weighted by Crippen LogP contribution is -2.16. The van der Waals surface area contributed by atoms with Crippen LogP contribution in [0.1, 0.15) is 36.3 Å². The first-order chi connectivity index (χ1) is 25.4. The molecule has 6 aromatic carbocycles. The average Bonchev–Trinajstić information content (AvgIpc) is 3.77. The zero-order valence-electron chi connectivity index (χ0n) is 29.4. The van der Waals surface area contributed by atoms with Crippen molar-refractivity contribution in [1.29, 1.82) is 0 Å².